The Balaban J connectivity index is 1.95. The Morgan fingerprint density at radius 2 is 2.32 bits per heavy atom. The molecule has 2 aromatic rings. The van der Waals surface area contributed by atoms with Crippen LogP contribution in [0, 0.1) is 6.92 Å². The van der Waals surface area contributed by atoms with Crippen molar-refractivity contribution >= 4 is 11.6 Å². The third kappa shape index (κ3) is 1.90. The third-order valence-electron chi connectivity index (χ3n) is 3.91. The Bertz CT molecular complexity index is 623. The summed E-state index contributed by atoms with van der Waals surface area (Å²) < 4.78 is 1.79. The molecule has 0 saturated heterocycles. The van der Waals surface area contributed by atoms with Crippen LogP contribution in [-0.2, 0) is 0 Å². The van der Waals surface area contributed by atoms with Gasteiger partial charge in [-0.05, 0) is 38.3 Å². The maximum atomic E-state index is 12.4. The summed E-state index contributed by atoms with van der Waals surface area (Å²) in [6.45, 7) is 1.82. The second-order valence-electron chi connectivity index (χ2n) is 5.22. The molecule has 5 heteroatoms. The highest BCUT2D eigenvalue weighted by Crippen LogP contribution is 2.31. The van der Waals surface area contributed by atoms with Crippen molar-refractivity contribution in [2.24, 2.45) is 0 Å². The monoisotopic (exact) mass is 259 g/mol. The van der Waals surface area contributed by atoms with E-state index in [0.717, 1.165) is 24.9 Å². The minimum atomic E-state index is -0.428. The summed E-state index contributed by atoms with van der Waals surface area (Å²) in [5.41, 5.74) is 1.59. The van der Waals surface area contributed by atoms with Crippen LogP contribution in [0.1, 0.15) is 35.4 Å². The van der Waals surface area contributed by atoms with E-state index >= 15 is 0 Å². The van der Waals surface area contributed by atoms with Gasteiger partial charge in [-0.3, -0.25) is 9.20 Å². The van der Waals surface area contributed by atoms with Crippen LogP contribution >= 0.6 is 0 Å². The standard InChI is InChI=1S/C14H17N3O2/c1-10-12(17-8-3-2-5-11(17)15-10)13(19)16-14(9-18)6-4-7-14/h2-3,5,8,18H,4,6-7,9H2,1H3,(H,16,19). The SMILES string of the molecule is Cc1nc2ccccn2c1C(=O)NC1(CO)CCC1. The molecule has 2 N–H and O–H groups in total. The molecule has 1 aliphatic carbocycles. The number of pyridine rings is 1. The van der Waals surface area contributed by atoms with E-state index < -0.39 is 5.54 Å². The van der Waals surface area contributed by atoms with Crippen LogP contribution in [-0.4, -0.2) is 32.5 Å². The highest BCUT2D eigenvalue weighted by Gasteiger charge is 2.38. The highest BCUT2D eigenvalue weighted by molar-refractivity contribution is 5.95. The van der Waals surface area contributed by atoms with Gasteiger partial charge in [-0.1, -0.05) is 6.07 Å². The van der Waals surface area contributed by atoms with Crippen molar-refractivity contribution < 1.29 is 9.90 Å². The number of nitrogens with zero attached hydrogens (tertiary/aromatic N) is 2. The van der Waals surface area contributed by atoms with Crippen LogP contribution in [0.3, 0.4) is 0 Å². The molecule has 0 unspecified atom stereocenters. The van der Waals surface area contributed by atoms with E-state index in [1.165, 1.54) is 0 Å². The minimum absolute atomic E-state index is 0.00543. The predicted octanol–water partition coefficient (Wildman–Crippen LogP) is 1.29. The van der Waals surface area contributed by atoms with Crippen LogP contribution in [0.15, 0.2) is 24.4 Å². The van der Waals surface area contributed by atoms with Gasteiger partial charge in [0.1, 0.15) is 11.3 Å². The lowest BCUT2D eigenvalue weighted by Crippen LogP contribution is -2.56. The number of nitrogens with one attached hydrogen (secondary N) is 1. The second-order valence-corrected chi connectivity index (χ2v) is 5.22. The van der Waals surface area contributed by atoms with E-state index in [4.69, 9.17) is 0 Å². The maximum absolute atomic E-state index is 12.4. The molecule has 0 bridgehead atoms. The lowest BCUT2D eigenvalue weighted by Gasteiger charge is -2.40. The van der Waals surface area contributed by atoms with Crippen LogP contribution in [0.5, 0.6) is 0 Å². The average Bonchev–Trinajstić information content (AvgIpc) is 2.69. The van der Waals surface area contributed by atoms with Crippen molar-refractivity contribution in [3.8, 4) is 0 Å². The van der Waals surface area contributed by atoms with Crippen LogP contribution in [0.4, 0.5) is 0 Å². The topological polar surface area (TPSA) is 66.6 Å². The first-order valence-corrected chi connectivity index (χ1v) is 6.52. The molecule has 0 aliphatic heterocycles. The van der Waals surface area contributed by atoms with Crippen LogP contribution in [0.2, 0.25) is 0 Å². The van der Waals surface area contributed by atoms with Gasteiger partial charge < -0.3 is 10.4 Å². The summed E-state index contributed by atoms with van der Waals surface area (Å²) in [7, 11) is 0. The normalized spacial score (nSPS) is 17.2. The molecule has 0 aromatic carbocycles. The third-order valence-corrected chi connectivity index (χ3v) is 3.91. The average molecular weight is 259 g/mol. The molecule has 0 radical (unpaired) electrons. The maximum Gasteiger partial charge on any atom is 0.270 e. The van der Waals surface area contributed by atoms with E-state index in [1.54, 1.807) is 4.40 Å². The summed E-state index contributed by atoms with van der Waals surface area (Å²) in [5.74, 6) is -0.162. The zero-order valence-electron chi connectivity index (χ0n) is 10.9. The van der Waals surface area contributed by atoms with Crippen molar-refractivity contribution in [2.45, 2.75) is 31.7 Å². The second kappa shape index (κ2) is 4.35. The lowest BCUT2D eigenvalue weighted by atomic mass is 9.77. The molecule has 0 spiro atoms. The largest absolute Gasteiger partial charge is 0.394 e. The number of aliphatic hydroxyl groups excluding tert-OH is 1. The Morgan fingerprint density at radius 1 is 1.53 bits per heavy atom. The molecule has 19 heavy (non-hydrogen) atoms. The number of aryl methyl sites for hydroxylation is 1. The molecule has 0 atom stereocenters. The van der Waals surface area contributed by atoms with Crippen molar-refractivity contribution in [1.82, 2.24) is 14.7 Å². The lowest BCUT2D eigenvalue weighted by molar-refractivity contribution is 0.0636. The van der Waals surface area contributed by atoms with Gasteiger partial charge in [0, 0.05) is 6.20 Å². The number of aromatic nitrogens is 2. The molecule has 2 heterocycles. The van der Waals surface area contributed by atoms with Crippen molar-refractivity contribution in [3.05, 3.63) is 35.8 Å². The quantitative estimate of drug-likeness (QED) is 0.872. The number of carbonyl (C=O) groups excluding carboxylic acids is 1. The summed E-state index contributed by atoms with van der Waals surface area (Å²) in [6, 6.07) is 5.63. The molecule has 1 saturated carbocycles. The first-order valence-electron chi connectivity index (χ1n) is 6.52. The van der Waals surface area contributed by atoms with Crippen molar-refractivity contribution in [1.29, 1.82) is 0 Å². The number of imidazole rings is 1. The van der Waals surface area contributed by atoms with E-state index in [9.17, 15) is 9.90 Å². The van der Waals surface area contributed by atoms with Gasteiger partial charge in [-0.15, -0.1) is 0 Å². The fourth-order valence-electron chi connectivity index (χ4n) is 2.61. The van der Waals surface area contributed by atoms with Gasteiger partial charge in [0.05, 0.1) is 17.8 Å². The van der Waals surface area contributed by atoms with Gasteiger partial charge in [0.2, 0.25) is 0 Å². The first kappa shape index (κ1) is 12.2. The van der Waals surface area contributed by atoms with Gasteiger partial charge in [-0.2, -0.15) is 0 Å². The molecule has 5 nitrogen and oxygen atoms in total. The Labute approximate surface area is 111 Å². The number of aliphatic hydroxyl groups is 1. The van der Waals surface area contributed by atoms with Crippen molar-refractivity contribution in [2.75, 3.05) is 6.61 Å². The molecule has 1 amide bonds. The van der Waals surface area contributed by atoms with Crippen molar-refractivity contribution in [3.63, 3.8) is 0 Å². The molecule has 100 valence electrons. The summed E-state index contributed by atoms with van der Waals surface area (Å²) >= 11 is 0. The van der Waals surface area contributed by atoms with Gasteiger partial charge in [0.15, 0.2) is 0 Å². The van der Waals surface area contributed by atoms with E-state index in [0.29, 0.717) is 11.4 Å². The Morgan fingerprint density at radius 3 is 2.95 bits per heavy atom. The summed E-state index contributed by atoms with van der Waals surface area (Å²) in [5, 5.41) is 12.4. The van der Waals surface area contributed by atoms with Crippen LogP contribution < -0.4 is 5.32 Å². The van der Waals surface area contributed by atoms with E-state index in [-0.39, 0.29) is 12.5 Å². The molecule has 2 aromatic heterocycles. The number of amides is 1. The smallest absolute Gasteiger partial charge is 0.270 e. The summed E-state index contributed by atoms with van der Waals surface area (Å²) in [4.78, 5) is 16.8. The zero-order valence-corrected chi connectivity index (χ0v) is 10.9. The van der Waals surface area contributed by atoms with E-state index in [2.05, 4.69) is 10.3 Å². The predicted molar refractivity (Wildman–Crippen MR) is 71.1 cm³/mol. The zero-order chi connectivity index (χ0) is 13.5. The fraction of sp³-hybridized carbons (Fsp3) is 0.429. The number of rotatable bonds is 3. The summed E-state index contributed by atoms with van der Waals surface area (Å²) in [6.07, 6.45) is 4.56. The number of carbonyl (C=O) groups is 1. The Hall–Kier alpha value is -1.88. The number of fused-ring (bicyclic) bond motifs is 1. The molecule has 3 rings (SSSR count). The Kier molecular flexibility index (Phi) is 2.78. The number of hydrogen-bond donors (Lipinski definition) is 2. The molecule has 1 aliphatic rings. The first-order chi connectivity index (χ1) is 9.15. The van der Waals surface area contributed by atoms with Gasteiger partial charge in [0.25, 0.3) is 5.91 Å². The van der Waals surface area contributed by atoms with Crippen LogP contribution in [0.25, 0.3) is 5.65 Å². The number of hydrogen-bond acceptors (Lipinski definition) is 3. The van der Waals surface area contributed by atoms with Gasteiger partial charge in [-0.25, -0.2) is 4.98 Å². The minimum Gasteiger partial charge on any atom is -0.394 e. The van der Waals surface area contributed by atoms with Gasteiger partial charge >= 0.3 is 0 Å². The molecular formula is C14H17N3O2. The molecule has 1 fully saturated rings. The van der Waals surface area contributed by atoms with E-state index in [1.807, 2.05) is 31.3 Å². The fourth-order valence-corrected chi connectivity index (χ4v) is 2.61. The molecular weight excluding hydrogens is 242 g/mol. The highest BCUT2D eigenvalue weighted by atomic mass is 16.3.